The first-order valence-corrected chi connectivity index (χ1v) is 6.34. The number of fused-ring (bicyclic) bond motifs is 1. The van der Waals surface area contributed by atoms with Crippen molar-refractivity contribution in [2.24, 2.45) is 0 Å². The van der Waals surface area contributed by atoms with Gasteiger partial charge in [0.25, 0.3) is 0 Å². The van der Waals surface area contributed by atoms with Gasteiger partial charge in [-0.3, -0.25) is 0 Å². The molecule has 0 aliphatic carbocycles. The van der Waals surface area contributed by atoms with Crippen molar-refractivity contribution >= 4 is 28.4 Å². The SMILES string of the molecule is CNc1nc(Nc2ccc(F)cc2F)c2ccccc2n1. The van der Waals surface area contributed by atoms with Crippen LogP contribution >= 0.6 is 0 Å². The van der Waals surface area contributed by atoms with Gasteiger partial charge in [-0.1, -0.05) is 12.1 Å². The third-order valence-electron chi connectivity index (χ3n) is 3.01. The molecule has 0 amide bonds. The predicted octanol–water partition coefficient (Wildman–Crippen LogP) is 3.69. The number of hydrogen-bond acceptors (Lipinski definition) is 4. The molecule has 0 atom stereocenters. The predicted molar refractivity (Wildman–Crippen MR) is 78.7 cm³/mol. The summed E-state index contributed by atoms with van der Waals surface area (Å²) in [6.07, 6.45) is 0. The molecule has 2 aromatic carbocycles. The van der Waals surface area contributed by atoms with Crippen molar-refractivity contribution in [1.82, 2.24) is 9.97 Å². The van der Waals surface area contributed by atoms with E-state index in [0.29, 0.717) is 11.8 Å². The van der Waals surface area contributed by atoms with Crippen LogP contribution in [-0.2, 0) is 0 Å². The van der Waals surface area contributed by atoms with Crippen LogP contribution in [0.1, 0.15) is 0 Å². The number of para-hydroxylation sites is 1. The Morgan fingerprint density at radius 3 is 2.57 bits per heavy atom. The highest BCUT2D eigenvalue weighted by atomic mass is 19.1. The van der Waals surface area contributed by atoms with Crippen LogP contribution in [0, 0.1) is 11.6 Å². The van der Waals surface area contributed by atoms with E-state index in [1.165, 1.54) is 12.1 Å². The van der Waals surface area contributed by atoms with Crippen molar-refractivity contribution in [1.29, 1.82) is 0 Å². The topological polar surface area (TPSA) is 49.8 Å². The Balaban J connectivity index is 2.10. The van der Waals surface area contributed by atoms with E-state index in [-0.39, 0.29) is 5.69 Å². The molecular weight excluding hydrogens is 274 g/mol. The fourth-order valence-electron chi connectivity index (χ4n) is 2.00. The average molecular weight is 286 g/mol. The van der Waals surface area contributed by atoms with Gasteiger partial charge in [-0.15, -0.1) is 0 Å². The molecule has 0 saturated heterocycles. The third-order valence-corrected chi connectivity index (χ3v) is 3.01. The number of hydrogen-bond donors (Lipinski definition) is 2. The van der Waals surface area contributed by atoms with E-state index in [9.17, 15) is 8.78 Å². The quantitative estimate of drug-likeness (QED) is 0.771. The molecule has 0 saturated carbocycles. The number of nitrogens with zero attached hydrogens (tertiary/aromatic N) is 2. The number of benzene rings is 2. The minimum absolute atomic E-state index is 0.155. The monoisotopic (exact) mass is 286 g/mol. The van der Waals surface area contributed by atoms with Gasteiger partial charge in [0.1, 0.15) is 17.5 Å². The first kappa shape index (κ1) is 13.2. The first-order chi connectivity index (χ1) is 10.2. The van der Waals surface area contributed by atoms with Gasteiger partial charge in [0.05, 0.1) is 11.2 Å². The number of aromatic nitrogens is 2. The van der Waals surface area contributed by atoms with Crippen LogP contribution in [-0.4, -0.2) is 17.0 Å². The molecule has 0 aliphatic rings. The summed E-state index contributed by atoms with van der Waals surface area (Å²) in [5.41, 5.74) is 0.879. The largest absolute Gasteiger partial charge is 0.357 e. The van der Waals surface area contributed by atoms with E-state index in [0.717, 1.165) is 17.0 Å². The summed E-state index contributed by atoms with van der Waals surface area (Å²) < 4.78 is 26.7. The maximum Gasteiger partial charge on any atom is 0.224 e. The Bertz CT molecular complexity index is 805. The summed E-state index contributed by atoms with van der Waals surface area (Å²) in [4.78, 5) is 8.60. The van der Waals surface area contributed by atoms with E-state index in [1.54, 1.807) is 7.05 Å². The van der Waals surface area contributed by atoms with Crippen LogP contribution in [0.3, 0.4) is 0 Å². The molecule has 3 rings (SSSR count). The zero-order valence-corrected chi connectivity index (χ0v) is 11.2. The lowest BCUT2D eigenvalue weighted by atomic mass is 10.2. The van der Waals surface area contributed by atoms with Crippen LogP contribution < -0.4 is 10.6 Å². The normalized spacial score (nSPS) is 10.6. The van der Waals surface area contributed by atoms with E-state index in [4.69, 9.17) is 0 Å². The standard InChI is InChI=1S/C15H12F2N4/c1-18-15-20-12-5-3-2-4-10(12)14(21-15)19-13-7-6-9(16)8-11(13)17/h2-8H,1H3,(H2,18,19,20,21). The second kappa shape index (κ2) is 5.32. The Hall–Kier alpha value is -2.76. The van der Waals surface area contributed by atoms with Gasteiger partial charge in [-0.25, -0.2) is 13.8 Å². The zero-order chi connectivity index (χ0) is 14.8. The van der Waals surface area contributed by atoms with Crippen molar-refractivity contribution in [3.8, 4) is 0 Å². The van der Waals surface area contributed by atoms with Gasteiger partial charge in [0, 0.05) is 18.5 Å². The molecule has 6 heteroatoms. The Labute approximate surface area is 119 Å². The molecule has 0 spiro atoms. The average Bonchev–Trinajstić information content (AvgIpc) is 2.49. The number of anilines is 3. The molecule has 3 aromatic rings. The minimum Gasteiger partial charge on any atom is -0.357 e. The van der Waals surface area contributed by atoms with Crippen molar-refractivity contribution in [3.05, 3.63) is 54.1 Å². The summed E-state index contributed by atoms with van der Waals surface area (Å²) in [5, 5.41) is 6.49. The molecule has 0 radical (unpaired) electrons. The summed E-state index contributed by atoms with van der Waals surface area (Å²) in [6, 6.07) is 10.7. The van der Waals surface area contributed by atoms with Gasteiger partial charge in [0.2, 0.25) is 5.95 Å². The van der Waals surface area contributed by atoms with Crippen LogP contribution in [0.2, 0.25) is 0 Å². The maximum atomic E-state index is 13.8. The summed E-state index contributed by atoms with van der Waals surface area (Å²) >= 11 is 0. The van der Waals surface area contributed by atoms with Crippen molar-refractivity contribution in [2.75, 3.05) is 17.7 Å². The second-order valence-corrected chi connectivity index (χ2v) is 4.41. The molecular formula is C15H12F2N4. The molecule has 0 fully saturated rings. The Morgan fingerprint density at radius 2 is 1.81 bits per heavy atom. The zero-order valence-electron chi connectivity index (χ0n) is 11.2. The Morgan fingerprint density at radius 1 is 1.00 bits per heavy atom. The lowest BCUT2D eigenvalue weighted by Crippen LogP contribution is -2.03. The number of nitrogens with one attached hydrogen (secondary N) is 2. The summed E-state index contributed by atoms with van der Waals surface area (Å²) in [5.74, 6) is -0.431. The molecule has 0 unspecified atom stereocenters. The van der Waals surface area contributed by atoms with Crippen LogP contribution in [0.5, 0.6) is 0 Å². The molecule has 2 N–H and O–H groups in total. The van der Waals surface area contributed by atoms with Gasteiger partial charge < -0.3 is 10.6 Å². The smallest absolute Gasteiger partial charge is 0.224 e. The van der Waals surface area contributed by atoms with Gasteiger partial charge in [-0.2, -0.15) is 4.98 Å². The molecule has 0 bridgehead atoms. The van der Waals surface area contributed by atoms with Crippen LogP contribution in [0.25, 0.3) is 10.9 Å². The molecule has 106 valence electrons. The van der Waals surface area contributed by atoms with Crippen molar-refractivity contribution in [2.45, 2.75) is 0 Å². The van der Waals surface area contributed by atoms with Crippen LogP contribution in [0.4, 0.5) is 26.2 Å². The fourth-order valence-corrected chi connectivity index (χ4v) is 2.00. The highest BCUT2D eigenvalue weighted by molar-refractivity contribution is 5.91. The summed E-state index contributed by atoms with van der Waals surface area (Å²) in [7, 11) is 1.70. The Kier molecular flexibility index (Phi) is 3.35. The number of halogens is 2. The maximum absolute atomic E-state index is 13.8. The second-order valence-electron chi connectivity index (χ2n) is 4.41. The van der Waals surface area contributed by atoms with E-state index in [2.05, 4.69) is 20.6 Å². The summed E-state index contributed by atoms with van der Waals surface area (Å²) in [6.45, 7) is 0. The molecule has 1 aromatic heterocycles. The fraction of sp³-hybridized carbons (Fsp3) is 0.0667. The van der Waals surface area contributed by atoms with E-state index >= 15 is 0 Å². The third kappa shape index (κ3) is 2.60. The first-order valence-electron chi connectivity index (χ1n) is 6.34. The van der Waals surface area contributed by atoms with Gasteiger partial charge in [0.15, 0.2) is 0 Å². The van der Waals surface area contributed by atoms with Gasteiger partial charge in [-0.05, 0) is 24.3 Å². The molecule has 4 nitrogen and oxygen atoms in total. The van der Waals surface area contributed by atoms with Crippen molar-refractivity contribution in [3.63, 3.8) is 0 Å². The van der Waals surface area contributed by atoms with E-state index in [1.807, 2.05) is 24.3 Å². The highest BCUT2D eigenvalue weighted by Gasteiger charge is 2.10. The minimum atomic E-state index is -0.677. The van der Waals surface area contributed by atoms with E-state index < -0.39 is 11.6 Å². The van der Waals surface area contributed by atoms with Crippen LogP contribution in [0.15, 0.2) is 42.5 Å². The molecule has 21 heavy (non-hydrogen) atoms. The lowest BCUT2D eigenvalue weighted by Gasteiger charge is -2.11. The highest BCUT2D eigenvalue weighted by Crippen LogP contribution is 2.26. The van der Waals surface area contributed by atoms with Crippen molar-refractivity contribution < 1.29 is 8.78 Å². The molecule has 1 heterocycles. The number of rotatable bonds is 3. The molecule has 0 aliphatic heterocycles. The lowest BCUT2D eigenvalue weighted by molar-refractivity contribution is 0.586. The van der Waals surface area contributed by atoms with Gasteiger partial charge >= 0.3 is 0 Å².